The number of rotatable bonds is 3. The van der Waals surface area contributed by atoms with Crippen LogP contribution in [0.1, 0.15) is 52.9 Å². The van der Waals surface area contributed by atoms with Crippen LogP contribution in [0.3, 0.4) is 0 Å². The molecule has 18 heavy (non-hydrogen) atoms. The van der Waals surface area contributed by atoms with Gasteiger partial charge in [0.1, 0.15) is 0 Å². The molecule has 2 aliphatic carbocycles. The van der Waals surface area contributed by atoms with Crippen molar-refractivity contribution in [3.05, 3.63) is 0 Å². The maximum absolute atomic E-state index is 4.99. The Balaban J connectivity index is 1.63. The van der Waals surface area contributed by atoms with Crippen molar-refractivity contribution >= 4 is 16.9 Å². The second-order valence-corrected chi connectivity index (χ2v) is 7.81. The van der Waals surface area contributed by atoms with Crippen LogP contribution in [0.4, 0.5) is 0 Å². The maximum Gasteiger partial charge on any atom is 0.157 e. The summed E-state index contributed by atoms with van der Waals surface area (Å²) in [6.45, 7) is 6.91. The molecule has 1 N–H and O–H groups in total. The first-order valence-corrected chi connectivity index (χ1v) is 8.57. The van der Waals surface area contributed by atoms with E-state index in [-0.39, 0.29) is 5.54 Å². The van der Waals surface area contributed by atoms with E-state index in [4.69, 9.17) is 4.99 Å². The first kappa shape index (κ1) is 12.8. The van der Waals surface area contributed by atoms with Gasteiger partial charge in [-0.05, 0) is 57.3 Å². The topological polar surface area (TPSA) is 24.4 Å². The Kier molecular flexibility index (Phi) is 3.38. The fourth-order valence-electron chi connectivity index (χ4n) is 3.98. The summed E-state index contributed by atoms with van der Waals surface area (Å²) >= 11 is 1.92. The molecule has 3 rings (SSSR count). The highest BCUT2D eigenvalue weighted by Crippen LogP contribution is 2.50. The van der Waals surface area contributed by atoms with Crippen LogP contribution in [-0.4, -0.2) is 22.5 Å². The predicted octanol–water partition coefficient (Wildman–Crippen LogP) is 3.67. The van der Waals surface area contributed by atoms with Crippen LogP contribution >= 0.6 is 11.8 Å². The zero-order valence-corrected chi connectivity index (χ0v) is 12.7. The molecule has 3 fully saturated rings. The summed E-state index contributed by atoms with van der Waals surface area (Å²) in [6.07, 6.45) is 7.08. The quantitative estimate of drug-likeness (QED) is 0.843. The van der Waals surface area contributed by atoms with E-state index in [1.54, 1.807) is 0 Å². The van der Waals surface area contributed by atoms with E-state index < -0.39 is 0 Å². The average Bonchev–Trinajstić information content (AvgIpc) is 3.05. The Morgan fingerprint density at radius 3 is 2.83 bits per heavy atom. The smallest absolute Gasteiger partial charge is 0.157 e. The van der Waals surface area contributed by atoms with E-state index in [9.17, 15) is 0 Å². The summed E-state index contributed by atoms with van der Waals surface area (Å²) in [6, 6.07) is 0.523. The molecule has 3 heteroatoms. The highest BCUT2D eigenvalue weighted by atomic mass is 32.2. The zero-order chi connectivity index (χ0) is 12.8. The van der Waals surface area contributed by atoms with Gasteiger partial charge in [-0.25, -0.2) is 0 Å². The largest absolute Gasteiger partial charge is 0.359 e. The van der Waals surface area contributed by atoms with Gasteiger partial charge in [0.25, 0.3) is 0 Å². The molecular formula is C15H26N2S. The van der Waals surface area contributed by atoms with Gasteiger partial charge in [-0.2, -0.15) is 0 Å². The van der Waals surface area contributed by atoms with Crippen molar-refractivity contribution in [2.45, 2.75) is 64.5 Å². The van der Waals surface area contributed by atoms with E-state index >= 15 is 0 Å². The van der Waals surface area contributed by atoms with Crippen LogP contribution in [0.5, 0.6) is 0 Å². The molecule has 0 amide bonds. The minimum absolute atomic E-state index is 0.276. The number of nitrogens with zero attached hydrogens (tertiary/aromatic N) is 1. The fraction of sp³-hybridized carbons (Fsp3) is 0.933. The Bertz CT molecular complexity index is 354. The zero-order valence-electron chi connectivity index (χ0n) is 11.9. The predicted molar refractivity (Wildman–Crippen MR) is 80.1 cm³/mol. The molecule has 2 nitrogen and oxygen atoms in total. The van der Waals surface area contributed by atoms with Crippen LogP contribution in [0, 0.1) is 17.8 Å². The summed E-state index contributed by atoms with van der Waals surface area (Å²) in [5.41, 5.74) is 0.276. The lowest BCUT2D eigenvalue weighted by molar-refractivity contribution is 0.293. The number of hydrogen-bond acceptors (Lipinski definition) is 2. The van der Waals surface area contributed by atoms with Gasteiger partial charge >= 0.3 is 0 Å². The van der Waals surface area contributed by atoms with Gasteiger partial charge in [-0.1, -0.05) is 25.1 Å². The molecule has 0 spiro atoms. The van der Waals surface area contributed by atoms with Gasteiger partial charge in [0.05, 0.1) is 6.04 Å². The van der Waals surface area contributed by atoms with Gasteiger partial charge < -0.3 is 5.32 Å². The lowest BCUT2D eigenvalue weighted by Gasteiger charge is -2.26. The number of thioether (sulfide) groups is 1. The lowest BCUT2D eigenvalue weighted by atomic mass is 9.84. The normalized spacial score (nSPS) is 46.6. The van der Waals surface area contributed by atoms with Gasteiger partial charge in [-0.15, -0.1) is 0 Å². The van der Waals surface area contributed by atoms with E-state index in [0.717, 1.165) is 17.8 Å². The molecule has 1 heterocycles. The third kappa shape index (κ3) is 2.31. The number of hydrogen-bond donors (Lipinski definition) is 1. The molecule has 3 aliphatic rings. The van der Waals surface area contributed by atoms with Crippen molar-refractivity contribution < 1.29 is 0 Å². The monoisotopic (exact) mass is 266 g/mol. The van der Waals surface area contributed by atoms with E-state index in [1.165, 1.54) is 43.0 Å². The van der Waals surface area contributed by atoms with Gasteiger partial charge in [-0.3, -0.25) is 4.99 Å². The molecule has 2 bridgehead atoms. The summed E-state index contributed by atoms with van der Waals surface area (Å²) in [7, 11) is 0. The summed E-state index contributed by atoms with van der Waals surface area (Å²) in [4.78, 5) is 4.99. The standard InChI is InChI=1S/C15H26N2S/c1-4-15(3)9-18-14(17-15)16-10(2)13-8-11-5-6-12(13)7-11/h10-13H,4-9H2,1-3H3,(H,16,17). The second kappa shape index (κ2) is 4.73. The van der Waals surface area contributed by atoms with Crippen molar-refractivity contribution in [1.82, 2.24) is 5.32 Å². The molecule has 0 aromatic heterocycles. The Morgan fingerprint density at radius 1 is 1.44 bits per heavy atom. The molecule has 2 saturated carbocycles. The minimum Gasteiger partial charge on any atom is -0.359 e. The summed E-state index contributed by atoms with van der Waals surface area (Å²) < 4.78 is 0. The fourth-order valence-corrected chi connectivity index (χ4v) is 5.27. The van der Waals surface area contributed by atoms with Crippen molar-refractivity contribution in [3.63, 3.8) is 0 Å². The maximum atomic E-state index is 4.99. The Morgan fingerprint density at radius 2 is 2.28 bits per heavy atom. The van der Waals surface area contributed by atoms with Gasteiger partial charge in [0, 0.05) is 11.3 Å². The van der Waals surface area contributed by atoms with Crippen molar-refractivity contribution in [1.29, 1.82) is 0 Å². The van der Waals surface area contributed by atoms with Crippen LogP contribution in [-0.2, 0) is 0 Å². The van der Waals surface area contributed by atoms with Crippen molar-refractivity contribution in [2.75, 3.05) is 5.75 Å². The first-order valence-electron chi connectivity index (χ1n) is 7.58. The first-order chi connectivity index (χ1) is 8.59. The SMILES string of the molecule is CCC1(C)CSC(=NC(C)C2CC3CCC2C3)N1. The van der Waals surface area contributed by atoms with Crippen molar-refractivity contribution in [3.8, 4) is 0 Å². The third-order valence-corrected chi connectivity index (χ3v) is 6.71. The number of amidine groups is 1. The number of aliphatic imine (C=N–C) groups is 1. The molecule has 5 atom stereocenters. The van der Waals surface area contributed by atoms with Crippen LogP contribution in [0.2, 0.25) is 0 Å². The van der Waals surface area contributed by atoms with Gasteiger partial charge in [0.2, 0.25) is 0 Å². The second-order valence-electron chi connectivity index (χ2n) is 6.84. The Labute approximate surface area is 115 Å². The molecule has 1 saturated heterocycles. The van der Waals surface area contributed by atoms with E-state index in [2.05, 4.69) is 26.1 Å². The molecule has 0 radical (unpaired) electrons. The van der Waals surface area contributed by atoms with Crippen molar-refractivity contribution in [2.24, 2.45) is 22.7 Å². The number of fused-ring (bicyclic) bond motifs is 2. The highest BCUT2D eigenvalue weighted by Gasteiger charge is 2.42. The molecule has 0 aromatic rings. The van der Waals surface area contributed by atoms with Crippen LogP contribution in [0.25, 0.3) is 0 Å². The lowest BCUT2D eigenvalue weighted by Crippen LogP contribution is -2.40. The molecule has 5 unspecified atom stereocenters. The van der Waals surface area contributed by atoms with E-state index in [1.807, 2.05) is 11.8 Å². The molecule has 1 aliphatic heterocycles. The summed E-state index contributed by atoms with van der Waals surface area (Å²) in [5, 5.41) is 4.83. The van der Waals surface area contributed by atoms with Crippen LogP contribution in [0.15, 0.2) is 4.99 Å². The molecular weight excluding hydrogens is 240 g/mol. The van der Waals surface area contributed by atoms with E-state index in [0.29, 0.717) is 6.04 Å². The van der Waals surface area contributed by atoms with Crippen LogP contribution < -0.4 is 5.32 Å². The third-order valence-electron chi connectivity index (χ3n) is 5.45. The Hall–Kier alpha value is -0.180. The van der Waals surface area contributed by atoms with Gasteiger partial charge in [0.15, 0.2) is 5.17 Å². The molecule has 102 valence electrons. The number of nitrogens with one attached hydrogen (secondary N) is 1. The highest BCUT2D eigenvalue weighted by molar-refractivity contribution is 8.14. The molecule has 0 aromatic carbocycles. The summed E-state index contributed by atoms with van der Waals surface area (Å²) in [5.74, 6) is 4.06. The minimum atomic E-state index is 0.276. The average molecular weight is 266 g/mol.